The molecule has 5 N–H and O–H groups in total. The Balaban J connectivity index is 1.36. The van der Waals surface area contributed by atoms with Gasteiger partial charge in [0, 0.05) is 18.2 Å². The number of rotatable bonds is 13. The number of ether oxygens (including phenoxy) is 2. The fourth-order valence-corrected chi connectivity index (χ4v) is 6.97. The van der Waals surface area contributed by atoms with Gasteiger partial charge in [0.25, 0.3) is 0 Å². The lowest BCUT2D eigenvalue weighted by atomic mass is 9.84. The van der Waals surface area contributed by atoms with Crippen LogP contribution in [0, 0.1) is 0 Å². The number of alkyl carbamates (subject to hydrolysis) is 1. The monoisotopic (exact) mass is 652 g/mol. The average molecular weight is 653 g/mol. The number of nitrogens with two attached hydrogens (primary N) is 1. The number of carbonyl (C=O) groups excluding carboxylic acids is 2. The summed E-state index contributed by atoms with van der Waals surface area (Å²) in [7, 11) is -2.50. The summed E-state index contributed by atoms with van der Waals surface area (Å²) in [6.07, 6.45) is -1.66. The second-order valence-corrected chi connectivity index (χ2v) is 13.2. The number of anilines is 1. The van der Waals surface area contributed by atoms with Gasteiger partial charge in [0.05, 0.1) is 43.1 Å². The molecule has 46 heavy (non-hydrogen) atoms. The van der Waals surface area contributed by atoms with Crippen molar-refractivity contribution in [2.45, 2.75) is 48.3 Å². The van der Waals surface area contributed by atoms with Crippen molar-refractivity contribution in [3.05, 3.63) is 96.1 Å². The first kappa shape index (κ1) is 34.3. The molecular weight excluding hydrogens is 612 g/mol. The van der Waals surface area contributed by atoms with Crippen LogP contribution in [0.4, 0.5) is 15.3 Å². The zero-order valence-corrected chi connectivity index (χ0v) is 26.4. The third-order valence-electron chi connectivity index (χ3n) is 7.79. The van der Waals surface area contributed by atoms with E-state index in [2.05, 4.69) is 10.6 Å². The van der Waals surface area contributed by atoms with Crippen LogP contribution in [0.3, 0.4) is 0 Å². The first-order valence-corrected chi connectivity index (χ1v) is 16.7. The Bertz CT molecular complexity index is 1520. The first-order valence-electron chi connectivity index (χ1n) is 15.0. The average Bonchev–Trinajstić information content (AvgIpc) is 3.05. The van der Waals surface area contributed by atoms with Gasteiger partial charge in [-0.3, -0.25) is 4.79 Å². The van der Waals surface area contributed by atoms with Gasteiger partial charge in [0.15, 0.2) is 9.84 Å². The Morgan fingerprint density at radius 3 is 2.09 bits per heavy atom. The van der Waals surface area contributed by atoms with Crippen LogP contribution in [0.1, 0.15) is 36.3 Å². The fraction of sp³-hybridized carbons (Fsp3) is 0.364. The molecule has 1 aliphatic heterocycles. The Kier molecular flexibility index (Phi) is 12.0. The normalized spacial score (nSPS) is 17.2. The van der Waals surface area contributed by atoms with Gasteiger partial charge in [0.1, 0.15) is 6.04 Å². The molecule has 13 heteroatoms. The van der Waals surface area contributed by atoms with E-state index < -0.39 is 46.2 Å². The van der Waals surface area contributed by atoms with Gasteiger partial charge < -0.3 is 35.8 Å². The van der Waals surface area contributed by atoms with Gasteiger partial charge in [-0.1, -0.05) is 60.7 Å². The zero-order chi connectivity index (χ0) is 33.1. The summed E-state index contributed by atoms with van der Waals surface area (Å²) in [6.45, 7) is 0.342. The van der Waals surface area contributed by atoms with Crippen LogP contribution in [0.2, 0.25) is 0 Å². The van der Waals surface area contributed by atoms with Crippen LogP contribution in [-0.4, -0.2) is 87.3 Å². The maximum Gasteiger partial charge on any atom is 0.407 e. The van der Waals surface area contributed by atoms with E-state index in [0.29, 0.717) is 31.5 Å². The number of unbranched alkanes of at least 4 members (excludes halogenated alkanes) is 1. The van der Waals surface area contributed by atoms with Crippen LogP contribution in [-0.2, 0) is 24.1 Å². The lowest BCUT2D eigenvalue weighted by Gasteiger charge is -2.36. The number of hydrogen-bond acceptors (Lipinski definition) is 8. The maximum atomic E-state index is 13.5. The summed E-state index contributed by atoms with van der Waals surface area (Å²) >= 11 is 0. The number of morpholine rings is 1. The SMILES string of the molecule is COC(=O)N[C@H](C(=O)NCCCCC1CN(C(=O)O)C[C@@H](CS(=O)(=O)c2ccc(N)cc2)O1)C(c1ccccc1)c1ccccc1. The summed E-state index contributed by atoms with van der Waals surface area (Å²) in [5.74, 6) is -1.24. The molecule has 12 nitrogen and oxygen atoms in total. The fourth-order valence-electron chi connectivity index (χ4n) is 5.55. The molecule has 1 fully saturated rings. The molecule has 3 aromatic carbocycles. The highest BCUT2D eigenvalue weighted by molar-refractivity contribution is 7.91. The van der Waals surface area contributed by atoms with Crippen molar-refractivity contribution in [2.24, 2.45) is 0 Å². The zero-order valence-electron chi connectivity index (χ0n) is 25.6. The molecular formula is C33H40N4O8S. The summed E-state index contributed by atoms with van der Waals surface area (Å²) in [6, 6.07) is 23.7. The van der Waals surface area contributed by atoms with E-state index in [0.717, 1.165) is 11.1 Å². The molecule has 0 spiro atoms. The van der Waals surface area contributed by atoms with Crippen LogP contribution in [0.25, 0.3) is 0 Å². The molecule has 1 saturated heterocycles. The lowest BCUT2D eigenvalue weighted by molar-refractivity contribution is -0.123. The lowest BCUT2D eigenvalue weighted by Crippen LogP contribution is -2.51. The van der Waals surface area contributed by atoms with E-state index in [4.69, 9.17) is 15.2 Å². The number of carbonyl (C=O) groups is 3. The van der Waals surface area contributed by atoms with Crippen LogP contribution < -0.4 is 16.4 Å². The topological polar surface area (TPSA) is 177 Å². The van der Waals surface area contributed by atoms with Crippen LogP contribution in [0.15, 0.2) is 89.8 Å². The molecule has 1 aliphatic rings. The van der Waals surface area contributed by atoms with Crippen molar-refractivity contribution in [1.29, 1.82) is 0 Å². The van der Waals surface area contributed by atoms with Gasteiger partial charge in [-0.05, 0) is 54.7 Å². The smallest absolute Gasteiger partial charge is 0.407 e. The number of nitrogen functional groups attached to an aromatic ring is 1. The van der Waals surface area contributed by atoms with E-state index in [1.165, 1.54) is 36.3 Å². The van der Waals surface area contributed by atoms with Gasteiger partial charge in [-0.25, -0.2) is 18.0 Å². The molecule has 4 rings (SSSR count). The minimum atomic E-state index is -3.74. The largest absolute Gasteiger partial charge is 0.465 e. The minimum Gasteiger partial charge on any atom is -0.465 e. The summed E-state index contributed by atoms with van der Waals surface area (Å²) in [4.78, 5) is 38.9. The number of benzene rings is 3. The Labute approximate surface area is 268 Å². The highest BCUT2D eigenvalue weighted by Crippen LogP contribution is 2.29. The van der Waals surface area contributed by atoms with Crippen molar-refractivity contribution >= 4 is 33.6 Å². The van der Waals surface area contributed by atoms with Gasteiger partial charge in [0.2, 0.25) is 5.91 Å². The molecule has 0 radical (unpaired) electrons. The van der Waals surface area contributed by atoms with Crippen molar-refractivity contribution in [1.82, 2.24) is 15.5 Å². The predicted octanol–water partition coefficient (Wildman–Crippen LogP) is 3.63. The van der Waals surface area contributed by atoms with Gasteiger partial charge in [-0.15, -0.1) is 0 Å². The molecule has 0 saturated carbocycles. The molecule has 3 atom stereocenters. The van der Waals surface area contributed by atoms with E-state index in [9.17, 15) is 27.9 Å². The van der Waals surface area contributed by atoms with Crippen molar-refractivity contribution in [2.75, 3.05) is 38.2 Å². The van der Waals surface area contributed by atoms with Crippen LogP contribution >= 0.6 is 0 Å². The number of nitrogens with one attached hydrogen (secondary N) is 2. The van der Waals surface area contributed by atoms with E-state index in [1.807, 2.05) is 60.7 Å². The van der Waals surface area contributed by atoms with E-state index in [-0.39, 0.29) is 29.6 Å². The molecule has 3 aromatic rings. The van der Waals surface area contributed by atoms with E-state index >= 15 is 0 Å². The molecule has 0 aliphatic carbocycles. The first-order chi connectivity index (χ1) is 22.1. The number of amides is 3. The molecule has 0 aromatic heterocycles. The summed E-state index contributed by atoms with van der Waals surface area (Å²) in [5.41, 5.74) is 7.79. The number of nitrogens with zero attached hydrogens (tertiary/aromatic N) is 1. The standard InChI is InChI=1S/C33H40N4O8S/c1-44-32(39)36-30(29(23-10-4-2-5-11-23)24-12-6-3-7-13-24)31(38)35-19-9-8-14-26-20-37(33(40)41)21-27(45-26)22-46(42,43)28-17-15-25(34)16-18-28/h2-7,10-13,15-18,26-27,29-30H,8-9,14,19-22,34H2,1H3,(H,35,38)(H,36,39)(H,40,41)/t26?,27-,30-/m0/s1. The maximum absolute atomic E-state index is 13.5. The molecule has 3 amide bonds. The molecule has 0 bridgehead atoms. The third kappa shape index (κ3) is 9.44. The Morgan fingerprint density at radius 1 is 0.935 bits per heavy atom. The van der Waals surface area contributed by atoms with Crippen LogP contribution in [0.5, 0.6) is 0 Å². The third-order valence-corrected chi connectivity index (χ3v) is 9.59. The second kappa shape index (κ2) is 16.1. The summed E-state index contributed by atoms with van der Waals surface area (Å²) < 4.78 is 36.8. The Morgan fingerprint density at radius 2 is 1.52 bits per heavy atom. The second-order valence-electron chi connectivity index (χ2n) is 11.1. The highest BCUT2D eigenvalue weighted by Gasteiger charge is 2.34. The van der Waals surface area contributed by atoms with E-state index in [1.54, 1.807) is 0 Å². The molecule has 246 valence electrons. The summed E-state index contributed by atoms with van der Waals surface area (Å²) in [5, 5.41) is 15.3. The van der Waals surface area contributed by atoms with Gasteiger partial charge in [-0.2, -0.15) is 0 Å². The van der Waals surface area contributed by atoms with Crippen molar-refractivity contribution in [3.63, 3.8) is 0 Å². The minimum absolute atomic E-state index is 0.0608. The molecule has 1 heterocycles. The molecule has 1 unspecified atom stereocenters. The predicted molar refractivity (Wildman–Crippen MR) is 172 cm³/mol. The quantitative estimate of drug-likeness (QED) is 0.159. The van der Waals surface area contributed by atoms with Crippen molar-refractivity contribution < 1.29 is 37.4 Å². The van der Waals surface area contributed by atoms with Crippen molar-refractivity contribution in [3.8, 4) is 0 Å². The Hall–Kier alpha value is -4.62. The number of hydrogen-bond donors (Lipinski definition) is 4. The highest BCUT2D eigenvalue weighted by atomic mass is 32.2. The number of sulfone groups is 1. The number of carboxylic acid groups (broad SMARTS) is 1. The number of methoxy groups -OCH3 is 1. The van der Waals surface area contributed by atoms with Gasteiger partial charge >= 0.3 is 12.2 Å².